The summed E-state index contributed by atoms with van der Waals surface area (Å²) < 4.78 is 5.41. The molecule has 0 saturated carbocycles. The van der Waals surface area contributed by atoms with E-state index in [-0.39, 0.29) is 0 Å². The molecule has 0 atom stereocenters. The van der Waals surface area contributed by atoms with Gasteiger partial charge in [-0.05, 0) is 20.3 Å². The molecule has 18 heavy (non-hydrogen) atoms. The number of rotatable bonds is 11. The zero-order valence-electron chi connectivity index (χ0n) is 12.1. The second-order valence-corrected chi connectivity index (χ2v) is 4.66. The third kappa shape index (κ3) is 8.15. The van der Waals surface area contributed by atoms with Crippen LogP contribution in [0.5, 0.6) is 0 Å². The summed E-state index contributed by atoms with van der Waals surface area (Å²) in [4.78, 5) is 10.9. The van der Waals surface area contributed by atoms with Gasteiger partial charge >= 0.3 is 5.97 Å². The second-order valence-electron chi connectivity index (χ2n) is 4.66. The molecule has 106 valence electrons. The van der Waals surface area contributed by atoms with Gasteiger partial charge in [0.25, 0.3) is 0 Å². The molecular formula is C15H28O3. The molecule has 0 aromatic rings. The predicted molar refractivity (Wildman–Crippen MR) is 74.6 cm³/mol. The number of hydrogen-bond acceptors (Lipinski definition) is 2. The zero-order valence-corrected chi connectivity index (χ0v) is 12.1. The molecule has 0 spiro atoms. The molecule has 0 unspecified atom stereocenters. The van der Waals surface area contributed by atoms with Gasteiger partial charge in [0, 0.05) is 6.42 Å². The molecule has 0 aromatic carbocycles. The average Bonchev–Trinajstić information content (AvgIpc) is 2.35. The fraction of sp³-hybridized carbons (Fsp3) is 0.800. The Morgan fingerprint density at radius 1 is 1.00 bits per heavy atom. The summed E-state index contributed by atoms with van der Waals surface area (Å²) in [5.74, 6) is -0.222. The number of ether oxygens (including phenoxy) is 1. The number of carboxylic acids is 1. The van der Waals surface area contributed by atoms with Crippen LogP contribution in [-0.2, 0) is 9.53 Å². The minimum atomic E-state index is -0.874. The highest BCUT2D eigenvalue weighted by molar-refractivity contribution is 5.86. The first-order valence-corrected chi connectivity index (χ1v) is 7.19. The molecule has 0 rings (SSSR count). The zero-order chi connectivity index (χ0) is 13.8. The quantitative estimate of drug-likeness (QED) is 0.336. The first kappa shape index (κ1) is 17.0. The summed E-state index contributed by atoms with van der Waals surface area (Å²) >= 11 is 0. The standard InChI is InChI=1S/C15H28O3/c1-4-6-7-8-9-10-11-12-14(18-5-2)13(3)15(16)17/h4-12H2,1-3H3,(H,16,17)/b14-13+. The Bertz CT molecular complexity index is 256. The Morgan fingerprint density at radius 3 is 2.06 bits per heavy atom. The number of aliphatic carboxylic acids is 1. The van der Waals surface area contributed by atoms with E-state index >= 15 is 0 Å². The molecule has 0 amide bonds. The van der Waals surface area contributed by atoms with Crippen LogP contribution in [-0.4, -0.2) is 17.7 Å². The van der Waals surface area contributed by atoms with Crippen LogP contribution in [0.25, 0.3) is 0 Å². The Hall–Kier alpha value is -0.990. The van der Waals surface area contributed by atoms with Crippen molar-refractivity contribution >= 4 is 5.97 Å². The van der Waals surface area contributed by atoms with Crippen molar-refractivity contribution in [1.29, 1.82) is 0 Å². The Balaban J connectivity index is 3.85. The second kappa shape index (κ2) is 11.1. The molecule has 0 aliphatic rings. The van der Waals surface area contributed by atoms with Gasteiger partial charge in [-0.25, -0.2) is 4.79 Å². The Kier molecular flexibility index (Phi) is 10.5. The van der Waals surface area contributed by atoms with E-state index < -0.39 is 5.97 Å². The minimum absolute atomic E-state index is 0.350. The normalized spacial score (nSPS) is 12.2. The van der Waals surface area contributed by atoms with Crippen molar-refractivity contribution in [3.63, 3.8) is 0 Å². The van der Waals surface area contributed by atoms with Crippen molar-refractivity contribution in [3.05, 3.63) is 11.3 Å². The fourth-order valence-corrected chi connectivity index (χ4v) is 1.90. The lowest BCUT2D eigenvalue weighted by molar-refractivity contribution is -0.132. The maximum atomic E-state index is 10.9. The highest BCUT2D eigenvalue weighted by Gasteiger charge is 2.10. The lowest BCUT2D eigenvalue weighted by Gasteiger charge is -2.10. The molecule has 3 nitrogen and oxygen atoms in total. The molecule has 0 aliphatic carbocycles. The van der Waals surface area contributed by atoms with E-state index in [1.165, 1.54) is 32.1 Å². The van der Waals surface area contributed by atoms with Crippen LogP contribution >= 0.6 is 0 Å². The number of carbonyl (C=O) groups is 1. The highest BCUT2D eigenvalue weighted by Crippen LogP contribution is 2.16. The molecule has 0 bridgehead atoms. The monoisotopic (exact) mass is 256 g/mol. The molecule has 0 saturated heterocycles. The van der Waals surface area contributed by atoms with E-state index in [9.17, 15) is 4.79 Å². The van der Waals surface area contributed by atoms with E-state index in [1.54, 1.807) is 6.92 Å². The summed E-state index contributed by atoms with van der Waals surface area (Å²) in [7, 11) is 0. The van der Waals surface area contributed by atoms with Gasteiger partial charge in [-0.2, -0.15) is 0 Å². The van der Waals surface area contributed by atoms with Gasteiger partial charge < -0.3 is 9.84 Å². The van der Waals surface area contributed by atoms with Crippen molar-refractivity contribution < 1.29 is 14.6 Å². The largest absolute Gasteiger partial charge is 0.498 e. The van der Waals surface area contributed by atoms with Crippen molar-refractivity contribution in [2.45, 2.75) is 72.1 Å². The van der Waals surface area contributed by atoms with Crippen LogP contribution in [0.3, 0.4) is 0 Å². The maximum absolute atomic E-state index is 10.9. The number of carboxylic acid groups (broad SMARTS) is 1. The molecular weight excluding hydrogens is 228 g/mol. The summed E-state index contributed by atoms with van der Waals surface area (Å²) in [5, 5.41) is 8.94. The summed E-state index contributed by atoms with van der Waals surface area (Å²) in [6, 6.07) is 0. The number of unbranched alkanes of at least 4 members (excludes halogenated alkanes) is 6. The first-order valence-electron chi connectivity index (χ1n) is 7.19. The average molecular weight is 256 g/mol. The van der Waals surface area contributed by atoms with Crippen LogP contribution in [0.4, 0.5) is 0 Å². The van der Waals surface area contributed by atoms with Gasteiger partial charge in [-0.1, -0.05) is 45.4 Å². The smallest absolute Gasteiger partial charge is 0.334 e. The third-order valence-corrected chi connectivity index (χ3v) is 3.07. The number of hydrogen-bond donors (Lipinski definition) is 1. The molecule has 0 heterocycles. The van der Waals surface area contributed by atoms with E-state index in [0.717, 1.165) is 19.3 Å². The van der Waals surface area contributed by atoms with E-state index in [1.807, 2.05) is 6.92 Å². The minimum Gasteiger partial charge on any atom is -0.498 e. The van der Waals surface area contributed by atoms with Crippen molar-refractivity contribution in [1.82, 2.24) is 0 Å². The van der Waals surface area contributed by atoms with E-state index in [0.29, 0.717) is 17.9 Å². The van der Waals surface area contributed by atoms with Crippen LogP contribution in [0.2, 0.25) is 0 Å². The summed E-state index contributed by atoms with van der Waals surface area (Å²) in [5.41, 5.74) is 0.350. The maximum Gasteiger partial charge on any atom is 0.334 e. The molecule has 0 aliphatic heterocycles. The van der Waals surface area contributed by atoms with Gasteiger partial charge in [-0.15, -0.1) is 0 Å². The lowest BCUT2D eigenvalue weighted by atomic mass is 10.1. The van der Waals surface area contributed by atoms with E-state index in [2.05, 4.69) is 6.92 Å². The van der Waals surface area contributed by atoms with Crippen molar-refractivity contribution in [3.8, 4) is 0 Å². The van der Waals surface area contributed by atoms with Gasteiger partial charge in [0.2, 0.25) is 0 Å². The van der Waals surface area contributed by atoms with Crippen LogP contribution < -0.4 is 0 Å². The van der Waals surface area contributed by atoms with Crippen molar-refractivity contribution in [2.24, 2.45) is 0 Å². The van der Waals surface area contributed by atoms with Gasteiger partial charge in [0.05, 0.1) is 12.2 Å². The van der Waals surface area contributed by atoms with E-state index in [4.69, 9.17) is 9.84 Å². The SMILES string of the molecule is CCCCCCCCC/C(OCC)=C(/C)C(=O)O. The van der Waals surface area contributed by atoms with Gasteiger partial charge in [0.15, 0.2) is 0 Å². The van der Waals surface area contributed by atoms with Crippen LogP contribution in [0.15, 0.2) is 11.3 Å². The molecule has 0 radical (unpaired) electrons. The molecule has 0 fully saturated rings. The van der Waals surface area contributed by atoms with Crippen molar-refractivity contribution in [2.75, 3.05) is 6.61 Å². The lowest BCUT2D eigenvalue weighted by Crippen LogP contribution is -2.04. The predicted octanol–water partition coefficient (Wildman–Crippen LogP) is 4.52. The third-order valence-electron chi connectivity index (χ3n) is 3.07. The fourth-order valence-electron chi connectivity index (χ4n) is 1.90. The highest BCUT2D eigenvalue weighted by atomic mass is 16.5. The van der Waals surface area contributed by atoms with Crippen LogP contribution in [0, 0.1) is 0 Å². The summed E-state index contributed by atoms with van der Waals surface area (Å²) in [6.45, 7) is 6.26. The Morgan fingerprint density at radius 2 is 1.56 bits per heavy atom. The molecule has 0 aromatic heterocycles. The molecule has 1 N–H and O–H groups in total. The van der Waals surface area contributed by atoms with Crippen LogP contribution in [0.1, 0.15) is 72.1 Å². The topological polar surface area (TPSA) is 46.5 Å². The molecule has 3 heteroatoms. The van der Waals surface area contributed by atoms with Gasteiger partial charge in [-0.3, -0.25) is 0 Å². The Labute approximate surface area is 111 Å². The van der Waals surface area contributed by atoms with Gasteiger partial charge in [0.1, 0.15) is 5.76 Å². The first-order chi connectivity index (χ1) is 8.63. The summed E-state index contributed by atoms with van der Waals surface area (Å²) in [6.07, 6.45) is 9.38. The number of allylic oxidation sites excluding steroid dienone is 1.